The Kier molecular flexibility index (Phi) is 2.26. The smallest absolute Gasteiger partial charge is 0.0496 e. The summed E-state index contributed by atoms with van der Waals surface area (Å²) in [4.78, 5) is 0.171. The van der Waals surface area contributed by atoms with Crippen LogP contribution < -0.4 is 5.73 Å². The van der Waals surface area contributed by atoms with Crippen LogP contribution in [-0.2, 0) is 11.1 Å². The van der Waals surface area contributed by atoms with Crippen molar-refractivity contribution in [2.75, 3.05) is 5.73 Å². The van der Waals surface area contributed by atoms with Gasteiger partial charge in [-0.25, -0.2) is 0 Å². The summed E-state index contributed by atoms with van der Waals surface area (Å²) >= 11 is -2.23. The number of rotatable bonds is 1. The van der Waals surface area contributed by atoms with E-state index in [2.05, 4.69) is 0 Å². The van der Waals surface area contributed by atoms with Crippen LogP contribution in [0.4, 0.5) is 5.69 Å². The molecule has 0 aliphatic heterocycles. The number of hydrogen-bond acceptors (Lipinski definition) is 3. The van der Waals surface area contributed by atoms with Gasteiger partial charge >= 0.3 is 0 Å². The van der Waals surface area contributed by atoms with E-state index in [4.69, 9.17) is 5.73 Å². The largest absolute Gasteiger partial charge is 0.768 e. The average Bonchev–Trinajstić information content (AvgIpc) is 1.94. The lowest BCUT2D eigenvalue weighted by Crippen LogP contribution is -1.98. The molecular formula is C7H8NO2S-. The Balaban J connectivity index is 3.27. The number of anilines is 1. The lowest BCUT2D eigenvalue weighted by molar-refractivity contribution is 0.537. The number of aryl methyl sites for hydroxylation is 1. The minimum absolute atomic E-state index is 0.171. The van der Waals surface area contributed by atoms with Crippen LogP contribution in [-0.4, -0.2) is 8.76 Å². The zero-order valence-corrected chi connectivity index (χ0v) is 6.85. The molecule has 11 heavy (non-hydrogen) atoms. The van der Waals surface area contributed by atoms with Crippen LogP contribution in [0.15, 0.2) is 23.1 Å². The summed E-state index contributed by atoms with van der Waals surface area (Å²) in [7, 11) is 0. The summed E-state index contributed by atoms with van der Waals surface area (Å²) in [6, 6.07) is 4.91. The Morgan fingerprint density at radius 1 is 1.55 bits per heavy atom. The van der Waals surface area contributed by atoms with E-state index in [0.717, 1.165) is 5.56 Å². The van der Waals surface area contributed by atoms with Gasteiger partial charge in [-0.3, -0.25) is 4.21 Å². The number of nitrogen functional groups attached to an aromatic ring is 1. The van der Waals surface area contributed by atoms with Crippen molar-refractivity contribution in [3.8, 4) is 0 Å². The van der Waals surface area contributed by atoms with E-state index in [9.17, 15) is 8.76 Å². The molecular weight excluding hydrogens is 162 g/mol. The molecule has 0 fully saturated rings. The van der Waals surface area contributed by atoms with Crippen molar-refractivity contribution in [2.45, 2.75) is 11.8 Å². The van der Waals surface area contributed by atoms with Gasteiger partial charge in [0, 0.05) is 10.6 Å². The number of benzene rings is 1. The van der Waals surface area contributed by atoms with Gasteiger partial charge in [0.15, 0.2) is 0 Å². The lowest BCUT2D eigenvalue weighted by atomic mass is 10.2. The van der Waals surface area contributed by atoms with Crippen molar-refractivity contribution in [3.63, 3.8) is 0 Å². The summed E-state index contributed by atoms with van der Waals surface area (Å²) in [5.41, 5.74) is 6.61. The topological polar surface area (TPSA) is 66.1 Å². The summed E-state index contributed by atoms with van der Waals surface area (Å²) in [5, 5.41) is 0. The highest BCUT2D eigenvalue weighted by atomic mass is 32.2. The Bertz CT molecular complexity index is 298. The Hall–Kier alpha value is -0.870. The van der Waals surface area contributed by atoms with Gasteiger partial charge in [0.05, 0.1) is 0 Å². The van der Waals surface area contributed by atoms with Crippen molar-refractivity contribution in [1.82, 2.24) is 0 Å². The first kappa shape index (κ1) is 8.23. The van der Waals surface area contributed by atoms with Gasteiger partial charge in [-0.1, -0.05) is 12.1 Å². The van der Waals surface area contributed by atoms with Crippen molar-refractivity contribution in [1.29, 1.82) is 0 Å². The summed E-state index contributed by atoms with van der Waals surface area (Å²) < 4.78 is 21.0. The molecule has 2 N–H and O–H groups in total. The molecule has 0 aliphatic carbocycles. The molecule has 3 nitrogen and oxygen atoms in total. The Morgan fingerprint density at radius 3 is 2.64 bits per heavy atom. The van der Waals surface area contributed by atoms with Gasteiger partial charge in [0.1, 0.15) is 0 Å². The normalized spacial score (nSPS) is 12.9. The van der Waals surface area contributed by atoms with Crippen LogP contribution in [0.3, 0.4) is 0 Å². The third kappa shape index (κ3) is 1.58. The minimum atomic E-state index is -2.23. The van der Waals surface area contributed by atoms with E-state index in [1.54, 1.807) is 19.1 Å². The van der Waals surface area contributed by atoms with Crippen molar-refractivity contribution in [3.05, 3.63) is 23.8 Å². The molecule has 1 atom stereocenters. The van der Waals surface area contributed by atoms with Crippen molar-refractivity contribution in [2.24, 2.45) is 0 Å². The molecule has 0 spiro atoms. The second kappa shape index (κ2) is 3.02. The fourth-order valence-corrected chi connectivity index (χ4v) is 1.33. The molecule has 0 saturated carbocycles. The number of nitrogens with two attached hydrogens (primary N) is 1. The SMILES string of the molecule is Cc1cccc(S(=O)[O-])c1N. The molecule has 0 bridgehead atoms. The van der Waals surface area contributed by atoms with Crippen LogP contribution in [0.25, 0.3) is 0 Å². The van der Waals surface area contributed by atoms with Gasteiger partial charge in [0.25, 0.3) is 0 Å². The molecule has 0 radical (unpaired) electrons. The minimum Gasteiger partial charge on any atom is -0.768 e. The van der Waals surface area contributed by atoms with Gasteiger partial charge in [0.2, 0.25) is 0 Å². The van der Waals surface area contributed by atoms with E-state index in [1.807, 2.05) is 0 Å². The molecule has 0 aromatic heterocycles. The van der Waals surface area contributed by atoms with Crippen molar-refractivity contribution < 1.29 is 8.76 Å². The highest BCUT2D eigenvalue weighted by Gasteiger charge is 1.99. The summed E-state index contributed by atoms with van der Waals surface area (Å²) in [5.74, 6) is 0. The van der Waals surface area contributed by atoms with Crippen LogP contribution in [0, 0.1) is 6.92 Å². The van der Waals surface area contributed by atoms with E-state index >= 15 is 0 Å². The predicted octanol–water partition coefficient (Wildman–Crippen LogP) is 0.815. The van der Waals surface area contributed by atoms with Gasteiger partial charge in [-0.15, -0.1) is 0 Å². The fraction of sp³-hybridized carbons (Fsp3) is 0.143. The van der Waals surface area contributed by atoms with E-state index in [-0.39, 0.29) is 4.90 Å². The third-order valence-electron chi connectivity index (χ3n) is 1.46. The molecule has 1 aromatic carbocycles. The zero-order chi connectivity index (χ0) is 8.43. The molecule has 1 rings (SSSR count). The second-order valence-corrected chi connectivity index (χ2v) is 3.13. The first-order chi connectivity index (χ1) is 5.13. The molecule has 0 amide bonds. The monoisotopic (exact) mass is 170 g/mol. The predicted molar refractivity (Wildman–Crippen MR) is 42.8 cm³/mol. The Labute approximate surface area is 67.5 Å². The fourth-order valence-electron chi connectivity index (χ4n) is 0.799. The molecule has 1 unspecified atom stereocenters. The van der Waals surface area contributed by atoms with Crippen LogP contribution in [0.2, 0.25) is 0 Å². The highest BCUT2D eigenvalue weighted by molar-refractivity contribution is 7.79. The average molecular weight is 170 g/mol. The van der Waals surface area contributed by atoms with Crippen LogP contribution in [0.5, 0.6) is 0 Å². The first-order valence-electron chi connectivity index (χ1n) is 3.07. The van der Waals surface area contributed by atoms with E-state index < -0.39 is 11.1 Å². The summed E-state index contributed by atoms with van der Waals surface area (Å²) in [6.07, 6.45) is 0. The molecule has 0 aliphatic rings. The number of para-hydroxylation sites is 1. The molecule has 1 aromatic rings. The standard InChI is InChI=1S/C7H9NO2S/c1-5-3-2-4-6(7(5)8)11(9)10/h2-4H,8H2,1H3,(H,9,10)/p-1. The zero-order valence-electron chi connectivity index (χ0n) is 6.03. The maximum Gasteiger partial charge on any atom is 0.0496 e. The summed E-state index contributed by atoms with van der Waals surface area (Å²) in [6.45, 7) is 1.77. The lowest BCUT2D eigenvalue weighted by Gasteiger charge is -2.09. The molecule has 0 heterocycles. The molecule has 60 valence electrons. The van der Waals surface area contributed by atoms with Crippen molar-refractivity contribution >= 4 is 16.8 Å². The molecule has 0 saturated heterocycles. The highest BCUT2D eigenvalue weighted by Crippen LogP contribution is 2.18. The van der Waals surface area contributed by atoms with Gasteiger partial charge in [-0.05, 0) is 29.6 Å². The maximum atomic E-state index is 10.5. The quantitative estimate of drug-likeness (QED) is 0.501. The molecule has 4 heteroatoms. The second-order valence-electron chi connectivity index (χ2n) is 2.22. The van der Waals surface area contributed by atoms with E-state index in [1.165, 1.54) is 6.07 Å². The number of hydrogen-bond donors (Lipinski definition) is 1. The van der Waals surface area contributed by atoms with Gasteiger partial charge < -0.3 is 10.3 Å². The van der Waals surface area contributed by atoms with Crippen LogP contribution >= 0.6 is 0 Å². The van der Waals surface area contributed by atoms with E-state index in [0.29, 0.717) is 5.69 Å². The van der Waals surface area contributed by atoms with Crippen LogP contribution in [0.1, 0.15) is 5.56 Å². The van der Waals surface area contributed by atoms with Gasteiger partial charge in [-0.2, -0.15) is 0 Å². The Morgan fingerprint density at radius 2 is 2.18 bits per heavy atom. The third-order valence-corrected chi connectivity index (χ3v) is 2.18. The first-order valence-corrected chi connectivity index (χ1v) is 4.15. The maximum absolute atomic E-state index is 10.5.